The Hall–Kier alpha value is -2.32. The second kappa shape index (κ2) is 7.63. The zero-order valence-electron chi connectivity index (χ0n) is 18.2. The molecule has 2 amide bonds. The molecule has 0 aromatic heterocycles. The maximum Gasteiger partial charge on any atom is 0.332 e. The lowest BCUT2D eigenvalue weighted by Gasteiger charge is -2.30. The first-order valence-corrected chi connectivity index (χ1v) is 13.5. The van der Waals surface area contributed by atoms with Crippen LogP contribution >= 0.6 is 0 Å². The second-order valence-corrected chi connectivity index (χ2v) is 11.4. The number of amides is 2. The third-order valence-corrected chi connectivity index (χ3v) is 9.09. The van der Waals surface area contributed by atoms with Crippen LogP contribution in [0.15, 0.2) is 30.5 Å². The maximum absolute atomic E-state index is 13.1. The summed E-state index contributed by atoms with van der Waals surface area (Å²) in [5, 5.41) is 2.95. The highest BCUT2D eigenvalue weighted by Crippen LogP contribution is 2.39. The maximum atomic E-state index is 13.1. The number of allylic oxidation sites excluding steroid dienone is 2. The zero-order chi connectivity index (χ0) is 21.9. The molecule has 1 unspecified atom stereocenters. The van der Waals surface area contributed by atoms with Gasteiger partial charge in [-0.2, -0.15) is 0 Å². The average molecular weight is 455 g/mol. The van der Waals surface area contributed by atoms with Crippen LogP contribution < -0.4 is 10.0 Å². The molecule has 3 heterocycles. The molecule has 7 nitrogen and oxygen atoms in total. The Balaban J connectivity index is 1.19. The van der Waals surface area contributed by atoms with E-state index < -0.39 is 16.1 Å². The zero-order valence-corrected chi connectivity index (χ0v) is 19.0. The van der Waals surface area contributed by atoms with Crippen LogP contribution in [-0.2, 0) is 35.7 Å². The largest absolute Gasteiger partial charge is 0.353 e. The molecule has 0 radical (unpaired) electrons. The highest BCUT2D eigenvalue weighted by Gasteiger charge is 2.48. The summed E-state index contributed by atoms with van der Waals surface area (Å²) >= 11 is 0. The van der Waals surface area contributed by atoms with Crippen molar-refractivity contribution in [1.82, 2.24) is 14.5 Å². The minimum absolute atomic E-state index is 0.0821. The molecule has 0 saturated carbocycles. The molecule has 2 aliphatic carbocycles. The summed E-state index contributed by atoms with van der Waals surface area (Å²) in [6.45, 7) is 0.985. The van der Waals surface area contributed by atoms with Crippen LogP contribution in [0.4, 0.5) is 10.5 Å². The number of carbonyl (C=O) groups is 1. The standard InChI is InChI=1S/C24H30N4O3S/c29-24(25-23-18-8-3-6-16(18)14-17-7-4-9-19(17)23)26-32(30,31)15-21-20-10-5-13-27(20)22-11-1-2-12-28(21)22/h1-2,11-12,14,20-22H,3-10,13,15H2,(H2,25,26,29)/t20-,21?,22+/m0/s1. The Morgan fingerprint density at radius 1 is 1.03 bits per heavy atom. The minimum Gasteiger partial charge on any atom is -0.353 e. The molecule has 2 N–H and O–H groups in total. The van der Waals surface area contributed by atoms with Gasteiger partial charge in [0.2, 0.25) is 10.0 Å². The lowest BCUT2D eigenvalue weighted by molar-refractivity contribution is 0.216. The van der Waals surface area contributed by atoms with E-state index in [1.54, 1.807) is 0 Å². The number of nitrogens with one attached hydrogen (secondary N) is 2. The van der Waals surface area contributed by atoms with E-state index in [-0.39, 0.29) is 24.0 Å². The molecule has 1 aromatic carbocycles. The summed E-state index contributed by atoms with van der Waals surface area (Å²) in [7, 11) is -3.79. The number of aryl methyl sites for hydroxylation is 2. The molecule has 2 saturated heterocycles. The van der Waals surface area contributed by atoms with Gasteiger partial charge in [-0.3, -0.25) is 4.90 Å². The van der Waals surface area contributed by atoms with E-state index in [4.69, 9.17) is 0 Å². The normalized spacial score (nSPS) is 27.9. The smallest absolute Gasteiger partial charge is 0.332 e. The molecule has 5 aliphatic rings. The number of urea groups is 1. The number of carbonyl (C=O) groups excluding carboxylic acids is 1. The summed E-state index contributed by atoms with van der Waals surface area (Å²) in [5.41, 5.74) is 5.89. The fourth-order valence-electron chi connectivity index (χ4n) is 6.55. The van der Waals surface area contributed by atoms with Crippen molar-refractivity contribution in [2.45, 2.75) is 69.6 Å². The number of nitrogens with zero attached hydrogens (tertiary/aromatic N) is 2. The molecule has 3 aliphatic heterocycles. The van der Waals surface area contributed by atoms with Crippen molar-refractivity contribution in [3.05, 3.63) is 52.7 Å². The van der Waals surface area contributed by atoms with Gasteiger partial charge in [0.15, 0.2) is 0 Å². The van der Waals surface area contributed by atoms with Crippen LogP contribution in [0.1, 0.15) is 47.9 Å². The van der Waals surface area contributed by atoms with E-state index in [0.29, 0.717) is 0 Å². The first-order chi connectivity index (χ1) is 15.5. The monoisotopic (exact) mass is 454 g/mol. The number of anilines is 1. The number of rotatable bonds is 4. The van der Waals surface area contributed by atoms with E-state index in [9.17, 15) is 13.2 Å². The number of sulfonamides is 1. The summed E-state index contributed by atoms with van der Waals surface area (Å²) in [6, 6.07) is 1.72. The highest BCUT2D eigenvalue weighted by molar-refractivity contribution is 7.90. The Morgan fingerprint density at radius 3 is 2.53 bits per heavy atom. The SMILES string of the molecule is O=C(Nc1c2c(cc3c1CCC3)CCC2)NS(=O)(=O)CC1[C@@H]2CCCN2[C@H]2C=CC=CN12. The van der Waals surface area contributed by atoms with Crippen molar-refractivity contribution in [3.63, 3.8) is 0 Å². The molecule has 170 valence electrons. The molecular formula is C24H30N4O3S. The van der Waals surface area contributed by atoms with Crippen molar-refractivity contribution in [3.8, 4) is 0 Å². The quantitative estimate of drug-likeness (QED) is 0.731. The van der Waals surface area contributed by atoms with E-state index in [1.807, 2.05) is 18.4 Å². The van der Waals surface area contributed by atoms with Crippen molar-refractivity contribution in [1.29, 1.82) is 0 Å². The Bertz CT molecular complexity index is 1090. The van der Waals surface area contributed by atoms with Crippen LogP contribution in [-0.4, -0.2) is 54.8 Å². The predicted octanol–water partition coefficient (Wildman–Crippen LogP) is 2.67. The van der Waals surface area contributed by atoms with Gasteiger partial charge in [0.05, 0.1) is 11.8 Å². The summed E-state index contributed by atoms with van der Waals surface area (Å²) in [4.78, 5) is 17.4. The van der Waals surface area contributed by atoms with Gasteiger partial charge in [-0.15, -0.1) is 0 Å². The second-order valence-electron chi connectivity index (χ2n) is 9.67. The van der Waals surface area contributed by atoms with Crippen molar-refractivity contribution in [2.75, 3.05) is 17.6 Å². The average Bonchev–Trinajstić information content (AvgIpc) is 3.53. The van der Waals surface area contributed by atoms with Gasteiger partial charge in [0.1, 0.15) is 6.17 Å². The summed E-state index contributed by atoms with van der Waals surface area (Å²) in [5.74, 6) is -0.0821. The minimum atomic E-state index is -3.79. The molecule has 2 fully saturated rings. The molecule has 0 spiro atoms. The van der Waals surface area contributed by atoms with Crippen LogP contribution in [0.25, 0.3) is 0 Å². The topological polar surface area (TPSA) is 81.8 Å². The van der Waals surface area contributed by atoms with Crippen molar-refractivity contribution >= 4 is 21.7 Å². The molecular weight excluding hydrogens is 424 g/mol. The van der Waals surface area contributed by atoms with Crippen LogP contribution in [0.2, 0.25) is 0 Å². The van der Waals surface area contributed by atoms with Crippen LogP contribution in [0.3, 0.4) is 0 Å². The Morgan fingerprint density at radius 2 is 1.78 bits per heavy atom. The molecule has 0 bridgehead atoms. The predicted molar refractivity (Wildman–Crippen MR) is 124 cm³/mol. The third kappa shape index (κ3) is 3.35. The Labute approximate surface area is 189 Å². The lowest BCUT2D eigenvalue weighted by Crippen LogP contribution is -2.45. The fourth-order valence-corrected chi connectivity index (χ4v) is 7.82. The lowest BCUT2D eigenvalue weighted by atomic mass is 9.99. The third-order valence-electron chi connectivity index (χ3n) is 7.82. The van der Waals surface area contributed by atoms with Gasteiger partial charge in [-0.25, -0.2) is 17.9 Å². The van der Waals surface area contributed by atoms with Gasteiger partial charge in [0.25, 0.3) is 0 Å². The first-order valence-electron chi connectivity index (χ1n) is 11.9. The number of hydrogen-bond acceptors (Lipinski definition) is 5. The van der Waals surface area contributed by atoms with Crippen LogP contribution in [0, 0.1) is 0 Å². The van der Waals surface area contributed by atoms with E-state index in [0.717, 1.165) is 63.6 Å². The number of benzene rings is 1. The summed E-state index contributed by atoms with van der Waals surface area (Å²) < 4.78 is 28.4. The Kier molecular flexibility index (Phi) is 4.84. The number of hydrogen-bond donors (Lipinski definition) is 2. The van der Waals surface area contributed by atoms with Gasteiger partial charge in [-0.1, -0.05) is 12.1 Å². The molecule has 1 aromatic rings. The van der Waals surface area contributed by atoms with Crippen LogP contribution in [0.5, 0.6) is 0 Å². The van der Waals surface area contributed by atoms with Gasteiger partial charge < -0.3 is 10.2 Å². The van der Waals surface area contributed by atoms with E-state index >= 15 is 0 Å². The van der Waals surface area contributed by atoms with Crippen molar-refractivity contribution < 1.29 is 13.2 Å². The summed E-state index contributed by atoms with van der Waals surface area (Å²) in [6.07, 6.45) is 16.4. The number of fused-ring (bicyclic) bond motifs is 5. The first kappa shape index (κ1) is 20.3. The molecule has 8 heteroatoms. The molecule has 3 atom stereocenters. The van der Waals surface area contributed by atoms with Gasteiger partial charge in [0, 0.05) is 24.5 Å². The highest BCUT2D eigenvalue weighted by atomic mass is 32.2. The molecule has 32 heavy (non-hydrogen) atoms. The van der Waals surface area contributed by atoms with Gasteiger partial charge in [-0.05, 0) is 85.8 Å². The van der Waals surface area contributed by atoms with Crippen molar-refractivity contribution in [2.24, 2.45) is 0 Å². The van der Waals surface area contributed by atoms with Gasteiger partial charge >= 0.3 is 6.03 Å². The van der Waals surface area contributed by atoms with E-state index in [1.165, 1.54) is 22.3 Å². The van der Waals surface area contributed by atoms with E-state index in [2.05, 4.69) is 32.0 Å². The fraction of sp³-hybridized carbons (Fsp3) is 0.542. The molecule has 6 rings (SSSR count).